The van der Waals surface area contributed by atoms with Crippen LogP contribution < -0.4 is 5.32 Å². The zero-order valence-electron chi connectivity index (χ0n) is 11.6. The van der Waals surface area contributed by atoms with Gasteiger partial charge < -0.3 is 5.32 Å². The van der Waals surface area contributed by atoms with Crippen LogP contribution in [0.25, 0.3) is 0 Å². The number of fused-ring (bicyclic) bond motifs is 3. The first-order chi connectivity index (χ1) is 9.63. The Kier molecular flexibility index (Phi) is 2.93. The van der Waals surface area contributed by atoms with E-state index in [1.807, 2.05) is 18.2 Å². The summed E-state index contributed by atoms with van der Waals surface area (Å²) < 4.78 is 24.3. The maximum Gasteiger partial charge on any atom is 0.178 e. The van der Waals surface area contributed by atoms with Gasteiger partial charge in [-0.3, -0.25) is 0 Å². The van der Waals surface area contributed by atoms with Crippen molar-refractivity contribution in [2.24, 2.45) is 11.8 Å². The van der Waals surface area contributed by atoms with Crippen LogP contribution in [0.2, 0.25) is 0 Å². The van der Waals surface area contributed by atoms with E-state index in [2.05, 4.69) is 5.32 Å². The van der Waals surface area contributed by atoms with Crippen LogP contribution in [0.5, 0.6) is 0 Å². The number of nitrogens with one attached hydrogen (secondary N) is 1. The van der Waals surface area contributed by atoms with Crippen molar-refractivity contribution >= 4 is 9.84 Å². The minimum absolute atomic E-state index is 0.221. The van der Waals surface area contributed by atoms with Crippen molar-refractivity contribution in [1.29, 1.82) is 0 Å². The molecule has 2 aliphatic carbocycles. The van der Waals surface area contributed by atoms with Crippen LogP contribution in [0.4, 0.5) is 0 Å². The fourth-order valence-electron chi connectivity index (χ4n) is 4.47. The summed E-state index contributed by atoms with van der Waals surface area (Å²) in [6.07, 6.45) is 6.14. The van der Waals surface area contributed by atoms with E-state index >= 15 is 0 Å². The van der Waals surface area contributed by atoms with E-state index in [0.29, 0.717) is 17.4 Å². The minimum Gasteiger partial charge on any atom is -0.307 e. The Hall–Kier alpha value is -0.870. The summed E-state index contributed by atoms with van der Waals surface area (Å²) in [7, 11) is -3.06. The second kappa shape index (κ2) is 4.57. The third kappa shape index (κ3) is 2.01. The molecule has 0 aromatic heterocycles. The number of rotatable bonds is 2. The highest BCUT2D eigenvalue weighted by Gasteiger charge is 2.41. The molecule has 0 radical (unpaired) electrons. The molecule has 0 spiro atoms. The summed E-state index contributed by atoms with van der Waals surface area (Å²) in [5, 5.41) is 3.78. The predicted molar refractivity (Wildman–Crippen MR) is 78.2 cm³/mol. The molecule has 2 saturated carbocycles. The Balaban J connectivity index is 1.61. The fourth-order valence-corrected chi connectivity index (χ4v) is 6.09. The van der Waals surface area contributed by atoms with Gasteiger partial charge in [0.1, 0.15) is 0 Å². The quantitative estimate of drug-likeness (QED) is 0.911. The lowest BCUT2D eigenvalue weighted by Gasteiger charge is -2.32. The number of sulfone groups is 1. The molecule has 1 aliphatic heterocycles. The molecule has 1 N–H and O–H groups in total. The van der Waals surface area contributed by atoms with Crippen LogP contribution in [0.3, 0.4) is 0 Å². The molecule has 20 heavy (non-hydrogen) atoms. The topological polar surface area (TPSA) is 46.2 Å². The Bertz CT molecular complexity index is 625. The first-order valence-corrected chi connectivity index (χ1v) is 9.36. The van der Waals surface area contributed by atoms with Crippen molar-refractivity contribution in [3.8, 4) is 0 Å². The van der Waals surface area contributed by atoms with E-state index in [4.69, 9.17) is 0 Å². The maximum atomic E-state index is 12.2. The van der Waals surface area contributed by atoms with Crippen LogP contribution in [0.15, 0.2) is 29.2 Å². The lowest BCUT2D eigenvalue weighted by molar-refractivity contribution is 0.312. The van der Waals surface area contributed by atoms with E-state index in [1.165, 1.54) is 25.7 Å². The highest BCUT2D eigenvalue weighted by Crippen LogP contribution is 2.45. The van der Waals surface area contributed by atoms with Gasteiger partial charge in [-0.05, 0) is 49.1 Å². The molecule has 3 aliphatic rings. The van der Waals surface area contributed by atoms with E-state index in [-0.39, 0.29) is 11.8 Å². The van der Waals surface area contributed by atoms with Crippen LogP contribution in [-0.4, -0.2) is 20.2 Å². The summed E-state index contributed by atoms with van der Waals surface area (Å²) >= 11 is 0. The van der Waals surface area contributed by atoms with Gasteiger partial charge in [-0.25, -0.2) is 8.42 Å². The van der Waals surface area contributed by atoms with Gasteiger partial charge >= 0.3 is 0 Å². The molecule has 1 aromatic carbocycles. The molecular weight excluding hydrogens is 270 g/mol. The van der Waals surface area contributed by atoms with Gasteiger partial charge in [0.05, 0.1) is 10.6 Å². The van der Waals surface area contributed by atoms with Gasteiger partial charge in [-0.2, -0.15) is 0 Å². The molecule has 0 amide bonds. The first kappa shape index (κ1) is 12.8. The van der Waals surface area contributed by atoms with Crippen LogP contribution in [0, 0.1) is 11.8 Å². The average Bonchev–Trinajstić information content (AvgIpc) is 3.05. The van der Waals surface area contributed by atoms with Crippen molar-refractivity contribution in [2.75, 3.05) is 5.75 Å². The van der Waals surface area contributed by atoms with E-state index in [9.17, 15) is 8.42 Å². The Morgan fingerprint density at radius 2 is 1.90 bits per heavy atom. The van der Waals surface area contributed by atoms with E-state index in [1.54, 1.807) is 6.07 Å². The van der Waals surface area contributed by atoms with Gasteiger partial charge in [0, 0.05) is 12.1 Å². The Morgan fingerprint density at radius 3 is 2.65 bits per heavy atom. The summed E-state index contributed by atoms with van der Waals surface area (Å²) in [6.45, 7) is 0. The van der Waals surface area contributed by atoms with Crippen molar-refractivity contribution in [1.82, 2.24) is 5.32 Å². The number of benzene rings is 1. The zero-order valence-corrected chi connectivity index (χ0v) is 12.4. The van der Waals surface area contributed by atoms with Gasteiger partial charge in [-0.1, -0.05) is 24.6 Å². The molecule has 4 rings (SSSR count). The molecule has 4 unspecified atom stereocenters. The lowest BCUT2D eigenvalue weighted by Crippen LogP contribution is -2.39. The molecule has 3 nitrogen and oxygen atoms in total. The molecule has 4 atom stereocenters. The van der Waals surface area contributed by atoms with Gasteiger partial charge in [0.2, 0.25) is 0 Å². The normalized spacial score (nSPS) is 37.8. The Labute approximate surface area is 120 Å². The maximum absolute atomic E-state index is 12.2. The third-order valence-corrected chi connectivity index (χ3v) is 7.27. The highest BCUT2D eigenvalue weighted by atomic mass is 32.2. The van der Waals surface area contributed by atoms with Gasteiger partial charge in [0.25, 0.3) is 0 Å². The van der Waals surface area contributed by atoms with E-state index < -0.39 is 9.84 Å². The van der Waals surface area contributed by atoms with Crippen molar-refractivity contribution in [2.45, 2.75) is 49.1 Å². The van der Waals surface area contributed by atoms with E-state index in [0.717, 1.165) is 17.4 Å². The molecule has 1 heterocycles. The standard InChI is InChI=1S/C16H21NO2S/c18-20(19)8-7-14(13-3-1-2-4-16(13)20)17-15-10-11-5-6-12(15)9-11/h1-4,11-12,14-15,17H,5-10H2. The van der Waals surface area contributed by atoms with Crippen molar-refractivity contribution in [3.63, 3.8) is 0 Å². The molecule has 1 aromatic rings. The summed E-state index contributed by atoms with van der Waals surface area (Å²) in [5.74, 6) is 2.02. The highest BCUT2D eigenvalue weighted by molar-refractivity contribution is 7.91. The molecule has 4 heteroatoms. The molecular formula is C16H21NO2S. The number of hydrogen-bond acceptors (Lipinski definition) is 3. The van der Waals surface area contributed by atoms with Crippen LogP contribution in [-0.2, 0) is 9.84 Å². The summed E-state index contributed by atoms with van der Waals surface area (Å²) in [5.41, 5.74) is 0.988. The predicted octanol–water partition coefficient (Wildman–Crippen LogP) is 2.68. The van der Waals surface area contributed by atoms with Crippen LogP contribution in [0.1, 0.15) is 43.7 Å². The number of hydrogen-bond donors (Lipinski definition) is 1. The second-order valence-corrected chi connectivity index (χ2v) is 8.72. The molecule has 2 fully saturated rings. The smallest absolute Gasteiger partial charge is 0.178 e. The third-order valence-electron chi connectivity index (χ3n) is 5.46. The summed E-state index contributed by atoms with van der Waals surface area (Å²) in [6, 6.07) is 8.36. The molecule has 2 bridgehead atoms. The zero-order chi connectivity index (χ0) is 13.7. The van der Waals surface area contributed by atoms with Crippen molar-refractivity contribution < 1.29 is 8.42 Å². The first-order valence-electron chi connectivity index (χ1n) is 7.71. The van der Waals surface area contributed by atoms with Gasteiger partial charge in [-0.15, -0.1) is 0 Å². The molecule has 108 valence electrons. The monoisotopic (exact) mass is 291 g/mol. The SMILES string of the molecule is O=S1(=O)CCC(NC2CC3CCC2C3)c2ccccc21. The minimum atomic E-state index is -3.06. The molecule has 0 saturated heterocycles. The lowest BCUT2D eigenvalue weighted by atomic mass is 9.93. The summed E-state index contributed by atoms with van der Waals surface area (Å²) in [4.78, 5) is 0.548. The van der Waals surface area contributed by atoms with Crippen molar-refractivity contribution in [3.05, 3.63) is 29.8 Å². The van der Waals surface area contributed by atoms with Crippen LogP contribution >= 0.6 is 0 Å². The fraction of sp³-hybridized carbons (Fsp3) is 0.625. The average molecular weight is 291 g/mol. The van der Waals surface area contributed by atoms with Gasteiger partial charge in [0.15, 0.2) is 9.84 Å². The largest absolute Gasteiger partial charge is 0.307 e. The second-order valence-electron chi connectivity index (χ2n) is 6.65. The Morgan fingerprint density at radius 1 is 1.05 bits per heavy atom.